The molecule has 0 radical (unpaired) electrons. The molecule has 4 rings (SSSR count). The Balaban J connectivity index is 1.27. The molecule has 1 aliphatic heterocycles. The van der Waals surface area contributed by atoms with Gasteiger partial charge in [0.1, 0.15) is 9.84 Å². The molecule has 21 heavy (non-hydrogen) atoms. The lowest BCUT2D eigenvalue weighted by atomic mass is 9.88. The third-order valence-electron chi connectivity index (χ3n) is 6.75. The van der Waals surface area contributed by atoms with Crippen LogP contribution in [0.3, 0.4) is 0 Å². The topological polar surface area (TPSA) is 63.2 Å². The van der Waals surface area contributed by atoms with E-state index >= 15 is 0 Å². The average molecular weight is 311 g/mol. The van der Waals surface area contributed by atoms with Gasteiger partial charge in [-0.2, -0.15) is 0 Å². The van der Waals surface area contributed by atoms with Gasteiger partial charge in [-0.15, -0.1) is 0 Å². The summed E-state index contributed by atoms with van der Waals surface area (Å²) in [5, 5.41) is 3.18. The molecule has 3 aliphatic carbocycles. The van der Waals surface area contributed by atoms with Crippen molar-refractivity contribution in [2.24, 2.45) is 29.1 Å². The van der Waals surface area contributed by atoms with E-state index in [9.17, 15) is 13.2 Å². The second-order valence-electron chi connectivity index (χ2n) is 7.95. The fourth-order valence-electron chi connectivity index (χ4n) is 5.20. The summed E-state index contributed by atoms with van der Waals surface area (Å²) in [5.41, 5.74) is 0.0318. The first-order valence-corrected chi connectivity index (χ1v) is 10.3. The van der Waals surface area contributed by atoms with Gasteiger partial charge in [0.05, 0.1) is 11.5 Å². The first-order valence-electron chi connectivity index (χ1n) is 8.46. The highest BCUT2D eigenvalue weighted by Gasteiger charge is 2.59. The summed E-state index contributed by atoms with van der Waals surface area (Å²) in [6, 6.07) is 0. The molecular formula is C16H25NO3S. The van der Waals surface area contributed by atoms with Gasteiger partial charge in [0.15, 0.2) is 0 Å². The van der Waals surface area contributed by atoms with E-state index in [-0.39, 0.29) is 28.7 Å². The number of sulfone groups is 1. The number of carbonyl (C=O) groups excluding carboxylic acids is 1. The highest BCUT2D eigenvalue weighted by molar-refractivity contribution is 7.91. The normalized spacial score (nSPS) is 42.1. The monoisotopic (exact) mass is 311 g/mol. The highest BCUT2D eigenvalue weighted by Crippen LogP contribution is 2.59. The van der Waals surface area contributed by atoms with Crippen LogP contribution in [0.5, 0.6) is 0 Å². The van der Waals surface area contributed by atoms with E-state index in [1.807, 2.05) is 0 Å². The van der Waals surface area contributed by atoms with Gasteiger partial charge in [0.25, 0.3) is 0 Å². The number of rotatable bonds is 3. The van der Waals surface area contributed by atoms with Gasteiger partial charge in [-0.1, -0.05) is 6.42 Å². The van der Waals surface area contributed by atoms with Crippen molar-refractivity contribution in [3.05, 3.63) is 0 Å². The van der Waals surface area contributed by atoms with Crippen molar-refractivity contribution in [1.29, 1.82) is 0 Å². The number of nitrogens with one attached hydrogen (secondary N) is 1. The fourth-order valence-corrected chi connectivity index (χ4v) is 6.84. The van der Waals surface area contributed by atoms with E-state index in [0.717, 1.165) is 24.8 Å². The minimum Gasteiger partial charge on any atom is -0.356 e. The van der Waals surface area contributed by atoms with E-state index in [4.69, 9.17) is 0 Å². The van der Waals surface area contributed by atoms with Crippen molar-refractivity contribution < 1.29 is 13.2 Å². The second-order valence-corrected chi connectivity index (χ2v) is 10.3. The molecule has 1 saturated heterocycles. The van der Waals surface area contributed by atoms with Crippen LogP contribution in [0.25, 0.3) is 0 Å². The van der Waals surface area contributed by atoms with Gasteiger partial charge in [-0.3, -0.25) is 4.79 Å². The number of amides is 1. The molecule has 3 saturated carbocycles. The molecule has 1 amide bonds. The Hall–Kier alpha value is -0.580. The molecule has 0 aromatic rings. The van der Waals surface area contributed by atoms with E-state index in [1.54, 1.807) is 0 Å². The van der Waals surface area contributed by atoms with Crippen molar-refractivity contribution in [3.63, 3.8) is 0 Å². The number of hydrogen-bond donors (Lipinski definition) is 1. The molecule has 4 atom stereocenters. The quantitative estimate of drug-likeness (QED) is 0.864. The Labute approximate surface area is 127 Å². The summed E-state index contributed by atoms with van der Waals surface area (Å²) < 4.78 is 23.0. The Morgan fingerprint density at radius 1 is 1.14 bits per heavy atom. The van der Waals surface area contributed by atoms with Crippen LogP contribution in [0.2, 0.25) is 0 Å². The van der Waals surface area contributed by atoms with Crippen LogP contribution >= 0.6 is 0 Å². The molecular weight excluding hydrogens is 286 g/mol. The molecule has 4 aliphatic rings. The van der Waals surface area contributed by atoms with Gasteiger partial charge in [-0.05, 0) is 61.7 Å². The summed E-state index contributed by atoms with van der Waals surface area (Å²) in [5.74, 6) is 3.32. The summed E-state index contributed by atoms with van der Waals surface area (Å²) in [4.78, 5) is 12.3. The van der Waals surface area contributed by atoms with E-state index in [1.165, 1.54) is 25.7 Å². The van der Waals surface area contributed by atoms with Gasteiger partial charge in [0, 0.05) is 12.5 Å². The van der Waals surface area contributed by atoms with E-state index in [2.05, 4.69) is 5.32 Å². The van der Waals surface area contributed by atoms with E-state index in [0.29, 0.717) is 18.8 Å². The standard InChI is InChI=1S/C16H25NO3S/c18-15(17-10-13-8-11-1-2-12(13)7-11)14-9-16(14)3-5-21(19,20)6-4-16/h11-14H,1-10H2,(H,17,18)/t11-,12-,13-,14-/m0/s1. The van der Waals surface area contributed by atoms with Crippen LogP contribution in [-0.2, 0) is 14.6 Å². The fraction of sp³-hybridized carbons (Fsp3) is 0.938. The maximum atomic E-state index is 12.3. The van der Waals surface area contributed by atoms with Crippen molar-refractivity contribution in [2.75, 3.05) is 18.1 Å². The molecule has 118 valence electrons. The smallest absolute Gasteiger partial charge is 0.223 e. The predicted octanol–water partition coefficient (Wildman–Crippen LogP) is 1.75. The van der Waals surface area contributed by atoms with Crippen LogP contribution < -0.4 is 5.32 Å². The number of fused-ring (bicyclic) bond motifs is 2. The molecule has 5 heteroatoms. The summed E-state index contributed by atoms with van der Waals surface area (Å²) in [7, 11) is -2.83. The van der Waals surface area contributed by atoms with Crippen molar-refractivity contribution in [3.8, 4) is 0 Å². The molecule has 0 aromatic carbocycles. The number of carbonyl (C=O) groups is 1. The van der Waals surface area contributed by atoms with Gasteiger partial charge in [0.2, 0.25) is 5.91 Å². The summed E-state index contributed by atoms with van der Waals surface area (Å²) in [6.45, 7) is 0.852. The lowest BCUT2D eigenvalue weighted by molar-refractivity contribution is -0.123. The highest BCUT2D eigenvalue weighted by atomic mass is 32.2. The van der Waals surface area contributed by atoms with Crippen LogP contribution in [-0.4, -0.2) is 32.4 Å². The van der Waals surface area contributed by atoms with Crippen LogP contribution in [0.1, 0.15) is 44.9 Å². The first-order chi connectivity index (χ1) is 9.97. The summed E-state index contributed by atoms with van der Waals surface area (Å²) >= 11 is 0. The minimum absolute atomic E-state index is 0.0318. The first kappa shape index (κ1) is 14.0. The molecule has 0 aromatic heterocycles. The predicted molar refractivity (Wildman–Crippen MR) is 80.4 cm³/mol. The Bertz CT molecular complexity index is 542. The molecule has 4 nitrogen and oxygen atoms in total. The van der Waals surface area contributed by atoms with Crippen molar-refractivity contribution >= 4 is 15.7 Å². The Morgan fingerprint density at radius 2 is 1.90 bits per heavy atom. The van der Waals surface area contributed by atoms with E-state index < -0.39 is 9.84 Å². The molecule has 1 spiro atoms. The largest absolute Gasteiger partial charge is 0.356 e. The minimum atomic E-state index is -2.83. The van der Waals surface area contributed by atoms with Gasteiger partial charge >= 0.3 is 0 Å². The lowest BCUT2D eigenvalue weighted by Crippen LogP contribution is -2.35. The number of hydrogen-bond acceptors (Lipinski definition) is 3. The van der Waals surface area contributed by atoms with Crippen molar-refractivity contribution in [2.45, 2.75) is 44.9 Å². The molecule has 4 fully saturated rings. The maximum absolute atomic E-state index is 12.3. The van der Waals surface area contributed by atoms with Crippen LogP contribution in [0.15, 0.2) is 0 Å². The third kappa shape index (κ3) is 2.51. The molecule has 0 unspecified atom stereocenters. The average Bonchev–Trinajstić information content (AvgIpc) is 2.80. The zero-order chi connectivity index (χ0) is 14.7. The van der Waals surface area contributed by atoms with Crippen molar-refractivity contribution in [1.82, 2.24) is 5.32 Å². The molecule has 1 heterocycles. The van der Waals surface area contributed by atoms with Gasteiger partial charge in [-0.25, -0.2) is 8.42 Å². The summed E-state index contributed by atoms with van der Waals surface area (Å²) in [6.07, 6.45) is 7.74. The zero-order valence-corrected chi connectivity index (χ0v) is 13.3. The van der Waals surface area contributed by atoms with Crippen LogP contribution in [0, 0.1) is 29.1 Å². The molecule has 1 N–H and O–H groups in total. The third-order valence-corrected chi connectivity index (χ3v) is 8.40. The maximum Gasteiger partial charge on any atom is 0.223 e. The lowest BCUT2D eigenvalue weighted by Gasteiger charge is -2.24. The SMILES string of the molecule is O=C(NC[C@@H]1C[C@H]2CC[C@H]1C2)[C@@H]1CC12CCS(=O)(=O)CC2. The van der Waals surface area contributed by atoms with Gasteiger partial charge < -0.3 is 5.32 Å². The Morgan fingerprint density at radius 3 is 2.52 bits per heavy atom. The van der Waals surface area contributed by atoms with Crippen LogP contribution in [0.4, 0.5) is 0 Å². The molecule has 2 bridgehead atoms. The second kappa shape index (κ2) is 4.71. The zero-order valence-electron chi connectivity index (χ0n) is 12.5. The Kier molecular flexibility index (Phi) is 3.15.